The average molecular weight is 351 g/mol. The van der Waals surface area contributed by atoms with Gasteiger partial charge in [0.2, 0.25) is 5.91 Å². The molecule has 1 heterocycles. The second-order valence-electron chi connectivity index (χ2n) is 5.30. The number of aryl methyl sites for hydroxylation is 1. The maximum Gasteiger partial charge on any atom is 0.295 e. The molecule has 0 spiro atoms. The number of anilines is 1. The zero-order valence-electron chi connectivity index (χ0n) is 13.7. The van der Waals surface area contributed by atoms with E-state index in [-0.39, 0.29) is 17.3 Å². The van der Waals surface area contributed by atoms with Gasteiger partial charge in [-0.15, -0.1) is 5.10 Å². The Morgan fingerprint density at radius 1 is 1.26 bits per heavy atom. The van der Waals surface area contributed by atoms with Crippen LogP contribution >= 0.6 is 23.1 Å². The molecule has 0 saturated carbocycles. The number of carbonyl (C=O) groups is 1. The van der Waals surface area contributed by atoms with Crippen LogP contribution in [0.3, 0.4) is 0 Å². The van der Waals surface area contributed by atoms with Crippen LogP contribution in [0.5, 0.6) is 5.19 Å². The van der Waals surface area contributed by atoms with E-state index in [9.17, 15) is 4.79 Å². The number of ether oxygens (including phenoxy) is 1. The van der Waals surface area contributed by atoms with Gasteiger partial charge in [-0.2, -0.15) is 0 Å². The minimum atomic E-state index is -0.263. The molecular weight excluding hydrogens is 330 g/mol. The van der Waals surface area contributed by atoms with Gasteiger partial charge >= 0.3 is 0 Å². The number of amides is 1. The van der Waals surface area contributed by atoms with E-state index < -0.39 is 0 Å². The fourth-order valence-corrected chi connectivity index (χ4v) is 3.72. The fourth-order valence-electron chi connectivity index (χ4n) is 1.77. The number of nitrogens with zero attached hydrogens (tertiary/aromatic N) is 2. The van der Waals surface area contributed by atoms with Crippen molar-refractivity contribution < 1.29 is 9.53 Å². The second-order valence-corrected chi connectivity index (χ2v) is 7.83. The number of aromatic nitrogens is 2. The summed E-state index contributed by atoms with van der Waals surface area (Å²) in [5.74, 6) is -0.0548. The molecule has 1 atom stereocenters. The first-order chi connectivity index (χ1) is 11.0. The van der Waals surface area contributed by atoms with Crippen LogP contribution in [0, 0.1) is 0 Å². The smallest absolute Gasteiger partial charge is 0.295 e. The predicted molar refractivity (Wildman–Crippen MR) is 95.4 cm³/mol. The van der Waals surface area contributed by atoms with Crippen molar-refractivity contribution >= 4 is 34.7 Å². The molecule has 1 unspecified atom stereocenters. The maximum absolute atomic E-state index is 12.2. The summed E-state index contributed by atoms with van der Waals surface area (Å²) < 4.78 is 6.21. The Kier molecular flexibility index (Phi) is 6.41. The lowest BCUT2D eigenvalue weighted by Crippen LogP contribution is -2.22. The van der Waals surface area contributed by atoms with E-state index in [0.29, 0.717) is 5.19 Å². The highest BCUT2D eigenvalue weighted by Crippen LogP contribution is 2.31. The maximum atomic E-state index is 12.2. The summed E-state index contributed by atoms with van der Waals surface area (Å²) in [6.45, 7) is 7.83. The van der Waals surface area contributed by atoms with Gasteiger partial charge in [-0.05, 0) is 56.2 Å². The van der Waals surface area contributed by atoms with Gasteiger partial charge in [0.15, 0.2) is 4.34 Å². The van der Waals surface area contributed by atoms with Gasteiger partial charge in [0.05, 0.1) is 11.4 Å². The van der Waals surface area contributed by atoms with Crippen LogP contribution in [0.2, 0.25) is 0 Å². The Balaban J connectivity index is 1.90. The molecule has 1 N–H and O–H groups in total. The summed E-state index contributed by atoms with van der Waals surface area (Å²) in [4.78, 5) is 12.2. The number of benzene rings is 1. The van der Waals surface area contributed by atoms with Crippen molar-refractivity contribution in [2.75, 3.05) is 5.32 Å². The lowest BCUT2D eigenvalue weighted by atomic mass is 10.1. The van der Waals surface area contributed by atoms with Gasteiger partial charge in [0.25, 0.3) is 5.19 Å². The quantitative estimate of drug-likeness (QED) is 0.764. The molecule has 0 aliphatic rings. The third kappa shape index (κ3) is 5.51. The molecule has 0 fully saturated rings. The monoisotopic (exact) mass is 351 g/mol. The largest absolute Gasteiger partial charge is 0.466 e. The molecule has 0 saturated heterocycles. The Hall–Kier alpha value is -1.60. The van der Waals surface area contributed by atoms with Crippen molar-refractivity contribution in [3.8, 4) is 5.19 Å². The molecule has 1 aromatic heterocycles. The van der Waals surface area contributed by atoms with Crippen molar-refractivity contribution in [3.63, 3.8) is 0 Å². The molecule has 23 heavy (non-hydrogen) atoms. The van der Waals surface area contributed by atoms with Gasteiger partial charge in [-0.1, -0.05) is 35.9 Å². The van der Waals surface area contributed by atoms with Crippen LogP contribution in [-0.4, -0.2) is 27.5 Å². The van der Waals surface area contributed by atoms with E-state index in [1.165, 1.54) is 28.7 Å². The zero-order chi connectivity index (χ0) is 16.8. The highest BCUT2D eigenvalue weighted by Gasteiger charge is 2.18. The van der Waals surface area contributed by atoms with Gasteiger partial charge in [0.1, 0.15) is 0 Å². The Bertz CT molecular complexity index is 641. The number of thioether (sulfide) groups is 1. The van der Waals surface area contributed by atoms with E-state index in [2.05, 4.69) is 22.4 Å². The Labute approximate surface area is 144 Å². The minimum Gasteiger partial charge on any atom is -0.466 e. The summed E-state index contributed by atoms with van der Waals surface area (Å²) in [7, 11) is 0. The van der Waals surface area contributed by atoms with Gasteiger partial charge < -0.3 is 10.1 Å². The first-order valence-corrected chi connectivity index (χ1v) is 9.24. The molecule has 5 nitrogen and oxygen atoms in total. The van der Waals surface area contributed by atoms with Crippen LogP contribution in [0.1, 0.15) is 33.3 Å². The molecule has 0 radical (unpaired) electrons. The average Bonchev–Trinajstić information content (AvgIpc) is 2.94. The van der Waals surface area contributed by atoms with Crippen LogP contribution in [0.25, 0.3) is 0 Å². The minimum absolute atomic E-state index is 0.0548. The third-order valence-corrected chi connectivity index (χ3v) is 5.00. The zero-order valence-corrected chi connectivity index (χ0v) is 15.3. The summed E-state index contributed by atoms with van der Waals surface area (Å²) in [5, 5.41) is 11.2. The number of hydrogen-bond acceptors (Lipinski definition) is 6. The number of hydrogen-bond donors (Lipinski definition) is 1. The molecule has 0 bridgehead atoms. The number of rotatable bonds is 7. The van der Waals surface area contributed by atoms with Crippen molar-refractivity contribution in [2.45, 2.75) is 49.8 Å². The molecule has 0 aliphatic carbocycles. The molecule has 1 amide bonds. The van der Waals surface area contributed by atoms with E-state index in [1.54, 1.807) is 0 Å². The van der Waals surface area contributed by atoms with Gasteiger partial charge in [0, 0.05) is 5.69 Å². The predicted octanol–water partition coefficient (Wildman–Crippen LogP) is 4.01. The lowest BCUT2D eigenvalue weighted by molar-refractivity contribution is -0.115. The summed E-state index contributed by atoms with van der Waals surface area (Å²) in [6.07, 6.45) is 1.05. The molecule has 0 aliphatic heterocycles. The lowest BCUT2D eigenvalue weighted by Gasteiger charge is -2.10. The standard InChI is InChI=1S/C16H21N3O2S2/c1-5-12-6-8-13(9-7-12)17-14(20)11(4)22-16-19-18-15(23-16)21-10(2)3/h6-11H,5H2,1-4H3,(H,17,20). The van der Waals surface area contributed by atoms with Crippen molar-refractivity contribution in [2.24, 2.45) is 0 Å². The van der Waals surface area contributed by atoms with E-state index in [1.807, 2.05) is 45.0 Å². The van der Waals surface area contributed by atoms with Gasteiger partial charge in [-0.3, -0.25) is 4.79 Å². The number of carbonyl (C=O) groups excluding carboxylic acids is 1. The van der Waals surface area contributed by atoms with Crippen molar-refractivity contribution in [1.29, 1.82) is 0 Å². The highest BCUT2D eigenvalue weighted by atomic mass is 32.2. The molecular formula is C16H21N3O2S2. The summed E-state index contributed by atoms with van der Waals surface area (Å²) in [6, 6.07) is 7.89. The van der Waals surface area contributed by atoms with Crippen LogP contribution in [-0.2, 0) is 11.2 Å². The molecule has 2 rings (SSSR count). The topological polar surface area (TPSA) is 64.1 Å². The molecule has 7 heteroatoms. The molecule has 124 valence electrons. The number of nitrogens with one attached hydrogen (secondary N) is 1. The van der Waals surface area contributed by atoms with E-state index in [0.717, 1.165) is 16.4 Å². The van der Waals surface area contributed by atoms with E-state index >= 15 is 0 Å². The first-order valence-electron chi connectivity index (χ1n) is 7.54. The van der Waals surface area contributed by atoms with Crippen LogP contribution < -0.4 is 10.1 Å². The second kappa shape index (κ2) is 8.31. The van der Waals surface area contributed by atoms with Crippen molar-refractivity contribution in [1.82, 2.24) is 10.2 Å². The highest BCUT2D eigenvalue weighted by molar-refractivity contribution is 8.02. The third-order valence-electron chi connectivity index (χ3n) is 3.00. The normalized spacial score (nSPS) is 12.2. The summed E-state index contributed by atoms with van der Waals surface area (Å²) in [5.41, 5.74) is 2.05. The van der Waals surface area contributed by atoms with Crippen molar-refractivity contribution in [3.05, 3.63) is 29.8 Å². The molecule has 1 aromatic carbocycles. The van der Waals surface area contributed by atoms with E-state index in [4.69, 9.17) is 4.74 Å². The SMILES string of the molecule is CCc1ccc(NC(=O)C(C)Sc2nnc(OC(C)C)s2)cc1. The Morgan fingerprint density at radius 2 is 1.96 bits per heavy atom. The fraction of sp³-hybridized carbons (Fsp3) is 0.438. The molecule has 2 aromatic rings. The summed E-state index contributed by atoms with van der Waals surface area (Å²) >= 11 is 2.74. The van der Waals surface area contributed by atoms with Gasteiger partial charge in [-0.25, -0.2) is 0 Å². The Morgan fingerprint density at radius 3 is 2.57 bits per heavy atom. The first kappa shape index (κ1) is 17.7. The van der Waals surface area contributed by atoms with Crippen LogP contribution in [0.4, 0.5) is 5.69 Å². The van der Waals surface area contributed by atoms with Crippen LogP contribution in [0.15, 0.2) is 28.6 Å².